The van der Waals surface area contributed by atoms with E-state index in [1.165, 1.54) is 0 Å². The van der Waals surface area contributed by atoms with E-state index >= 15 is 0 Å². The second-order valence-corrected chi connectivity index (χ2v) is 3.21. The molecule has 1 aromatic rings. The molecule has 2 rings (SSSR count). The lowest BCUT2D eigenvalue weighted by molar-refractivity contribution is 0.262. The molecule has 0 aliphatic carbocycles. The number of aryl methyl sites for hydroxylation is 1. The van der Waals surface area contributed by atoms with Crippen LogP contribution in [0.5, 0.6) is 11.5 Å². The van der Waals surface area contributed by atoms with Crippen LogP contribution < -0.4 is 4.74 Å². The van der Waals surface area contributed by atoms with Crippen LogP contribution in [0.25, 0.3) is 0 Å². The van der Waals surface area contributed by atoms with Crippen molar-refractivity contribution in [2.24, 2.45) is 0 Å². The van der Waals surface area contributed by atoms with Crippen LogP contribution in [-0.4, -0.2) is 24.4 Å². The first-order chi connectivity index (χ1) is 6.25. The Hall–Kier alpha value is -1.22. The molecule has 70 valence electrons. The van der Waals surface area contributed by atoms with Gasteiger partial charge in [0.15, 0.2) is 0 Å². The third-order valence-corrected chi connectivity index (χ3v) is 2.02. The number of rotatable bonds is 3. The molecule has 1 aromatic carbocycles. The normalized spacial score (nSPS) is 19.9. The minimum atomic E-state index is 0.253. The van der Waals surface area contributed by atoms with Gasteiger partial charge in [0.2, 0.25) is 0 Å². The molecule has 0 radical (unpaired) electrons. The molecule has 1 unspecified atom stereocenters. The van der Waals surface area contributed by atoms with E-state index in [1.807, 2.05) is 19.1 Å². The Morgan fingerprint density at radius 1 is 1.62 bits per heavy atom. The molecule has 3 nitrogen and oxygen atoms in total. The van der Waals surface area contributed by atoms with E-state index in [-0.39, 0.29) is 11.9 Å². The summed E-state index contributed by atoms with van der Waals surface area (Å²) in [5.74, 6) is 0.966. The van der Waals surface area contributed by atoms with Crippen LogP contribution >= 0.6 is 0 Å². The lowest BCUT2D eigenvalue weighted by atomic mass is 10.2. The molecular weight excluding hydrogens is 168 g/mol. The fraction of sp³-hybridized carbons (Fsp3) is 0.400. The van der Waals surface area contributed by atoms with E-state index in [4.69, 9.17) is 9.47 Å². The second kappa shape index (κ2) is 3.26. The number of hydrogen-bond acceptors (Lipinski definition) is 3. The van der Waals surface area contributed by atoms with E-state index < -0.39 is 0 Å². The SMILES string of the molecule is Cc1ccc(OCC2CO2)cc1O. The standard InChI is InChI=1S/C10H12O3/c1-7-2-3-8(4-10(7)11)12-5-9-6-13-9/h2-4,9,11H,5-6H2,1H3. The van der Waals surface area contributed by atoms with Gasteiger partial charge in [-0.05, 0) is 18.6 Å². The Morgan fingerprint density at radius 3 is 3.00 bits per heavy atom. The van der Waals surface area contributed by atoms with Crippen molar-refractivity contribution < 1.29 is 14.6 Å². The van der Waals surface area contributed by atoms with Crippen molar-refractivity contribution in [2.75, 3.05) is 13.2 Å². The maximum Gasteiger partial charge on any atom is 0.123 e. The van der Waals surface area contributed by atoms with Gasteiger partial charge in [-0.15, -0.1) is 0 Å². The fourth-order valence-electron chi connectivity index (χ4n) is 1.03. The van der Waals surface area contributed by atoms with E-state index in [9.17, 15) is 5.11 Å². The van der Waals surface area contributed by atoms with Crippen molar-refractivity contribution in [3.63, 3.8) is 0 Å². The van der Waals surface area contributed by atoms with E-state index in [1.54, 1.807) is 6.07 Å². The van der Waals surface area contributed by atoms with Crippen LogP contribution in [0.4, 0.5) is 0 Å². The van der Waals surface area contributed by atoms with Gasteiger partial charge in [0.05, 0.1) is 6.61 Å². The molecule has 0 aromatic heterocycles. The van der Waals surface area contributed by atoms with Gasteiger partial charge < -0.3 is 14.6 Å². The highest BCUT2D eigenvalue weighted by molar-refractivity contribution is 5.38. The minimum Gasteiger partial charge on any atom is -0.508 e. The molecule has 0 bridgehead atoms. The van der Waals surface area contributed by atoms with Gasteiger partial charge in [-0.2, -0.15) is 0 Å². The Morgan fingerprint density at radius 2 is 2.38 bits per heavy atom. The quantitative estimate of drug-likeness (QED) is 0.716. The van der Waals surface area contributed by atoms with E-state index in [0.717, 1.165) is 12.2 Å². The fourth-order valence-corrected chi connectivity index (χ4v) is 1.03. The Bertz CT molecular complexity index is 305. The van der Waals surface area contributed by atoms with Crippen LogP contribution in [0.3, 0.4) is 0 Å². The highest BCUT2D eigenvalue weighted by Crippen LogP contribution is 2.23. The number of epoxide rings is 1. The Kier molecular flexibility index (Phi) is 2.10. The first-order valence-electron chi connectivity index (χ1n) is 4.30. The molecule has 1 atom stereocenters. The molecule has 0 spiro atoms. The number of phenolic OH excluding ortho intramolecular Hbond substituents is 1. The maximum absolute atomic E-state index is 9.37. The van der Waals surface area contributed by atoms with Gasteiger partial charge in [-0.3, -0.25) is 0 Å². The summed E-state index contributed by atoms with van der Waals surface area (Å²) in [5, 5.41) is 9.37. The molecule has 0 saturated carbocycles. The summed E-state index contributed by atoms with van der Waals surface area (Å²) in [6.07, 6.45) is 0.253. The van der Waals surface area contributed by atoms with Crippen molar-refractivity contribution in [3.8, 4) is 11.5 Å². The van der Waals surface area contributed by atoms with Gasteiger partial charge in [0.1, 0.15) is 24.2 Å². The first-order valence-corrected chi connectivity index (χ1v) is 4.30. The average Bonchev–Trinajstić information content (AvgIpc) is 2.91. The summed E-state index contributed by atoms with van der Waals surface area (Å²) in [5.41, 5.74) is 0.857. The Balaban J connectivity index is 1.98. The summed E-state index contributed by atoms with van der Waals surface area (Å²) in [6.45, 7) is 3.21. The molecule has 1 saturated heterocycles. The van der Waals surface area contributed by atoms with Crippen LogP contribution in [0.1, 0.15) is 5.56 Å². The maximum atomic E-state index is 9.37. The molecule has 1 N–H and O–H groups in total. The van der Waals surface area contributed by atoms with Crippen LogP contribution in [0.15, 0.2) is 18.2 Å². The number of ether oxygens (including phenoxy) is 2. The number of hydrogen-bond donors (Lipinski definition) is 1. The van der Waals surface area contributed by atoms with Crippen molar-refractivity contribution in [1.29, 1.82) is 0 Å². The van der Waals surface area contributed by atoms with Gasteiger partial charge >= 0.3 is 0 Å². The monoisotopic (exact) mass is 180 g/mol. The molecule has 0 amide bonds. The minimum absolute atomic E-state index is 0.253. The molecule has 1 aliphatic rings. The summed E-state index contributed by atoms with van der Waals surface area (Å²) in [4.78, 5) is 0. The van der Waals surface area contributed by atoms with Gasteiger partial charge in [0, 0.05) is 6.07 Å². The van der Waals surface area contributed by atoms with Gasteiger partial charge in [0.25, 0.3) is 0 Å². The van der Waals surface area contributed by atoms with Crippen molar-refractivity contribution in [3.05, 3.63) is 23.8 Å². The zero-order valence-corrected chi connectivity index (χ0v) is 7.49. The Labute approximate surface area is 76.9 Å². The molecular formula is C10H12O3. The smallest absolute Gasteiger partial charge is 0.123 e. The van der Waals surface area contributed by atoms with Crippen LogP contribution in [0, 0.1) is 6.92 Å². The zero-order valence-electron chi connectivity index (χ0n) is 7.49. The predicted molar refractivity (Wildman–Crippen MR) is 48.1 cm³/mol. The van der Waals surface area contributed by atoms with Crippen molar-refractivity contribution in [2.45, 2.75) is 13.0 Å². The summed E-state index contributed by atoms with van der Waals surface area (Å²) in [6, 6.07) is 5.30. The molecule has 13 heavy (non-hydrogen) atoms. The van der Waals surface area contributed by atoms with E-state index in [0.29, 0.717) is 12.4 Å². The average molecular weight is 180 g/mol. The number of aromatic hydroxyl groups is 1. The lowest BCUT2D eigenvalue weighted by Crippen LogP contribution is -2.03. The van der Waals surface area contributed by atoms with E-state index in [2.05, 4.69) is 0 Å². The zero-order chi connectivity index (χ0) is 9.26. The third-order valence-electron chi connectivity index (χ3n) is 2.02. The number of phenols is 1. The third kappa shape index (κ3) is 2.12. The summed E-state index contributed by atoms with van der Waals surface area (Å²) >= 11 is 0. The second-order valence-electron chi connectivity index (χ2n) is 3.21. The molecule has 1 aliphatic heterocycles. The highest BCUT2D eigenvalue weighted by Gasteiger charge is 2.23. The molecule has 1 fully saturated rings. The summed E-state index contributed by atoms with van der Waals surface area (Å²) < 4.78 is 10.4. The van der Waals surface area contributed by atoms with Gasteiger partial charge in [-0.25, -0.2) is 0 Å². The lowest BCUT2D eigenvalue weighted by Gasteiger charge is -2.05. The van der Waals surface area contributed by atoms with Gasteiger partial charge in [-0.1, -0.05) is 6.07 Å². The topological polar surface area (TPSA) is 42.0 Å². The van der Waals surface area contributed by atoms with Crippen molar-refractivity contribution >= 4 is 0 Å². The highest BCUT2D eigenvalue weighted by atomic mass is 16.6. The van der Waals surface area contributed by atoms with Crippen LogP contribution in [-0.2, 0) is 4.74 Å². The molecule has 1 heterocycles. The van der Waals surface area contributed by atoms with Crippen molar-refractivity contribution in [1.82, 2.24) is 0 Å². The van der Waals surface area contributed by atoms with Crippen LogP contribution in [0.2, 0.25) is 0 Å². The summed E-state index contributed by atoms with van der Waals surface area (Å²) in [7, 11) is 0. The number of benzene rings is 1. The predicted octanol–water partition coefficient (Wildman–Crippen LogP) is 1.48. The largest absolute Gasteiger partial charge is 0.508 e. The molecule has 3 heteroatoms. The first kappa shape index (κ1) is 8.38.